The lowest BCUT2D eigenvalue weighted by molar-refractivity contribution is -0.129. The third-order valence-corrected chi connectivity index (χ3v) is 5.24. The van der Waals surface area contributed by atoms with Crippen LogP contribution in [0.2, 0.25) is 0 Å². The Hall–Kier alpha value is -1.36. The van der Waals surface area contributed by atoms with Gasteiger partial charge in [0.1, 0.15) is 5.82 Å². The molecule has 1 aromatic carbocycles. The van der Waals surface area contributed by atoms with Crippen molar-refractivity contribution >= 4 is 23.5 Å². The van der Waals surface area contributed by atoms with Crippen LogP contribution < -0.4 is 0 Å². The lowest BCUT2D eigenvalue weighted by Gasteiger charge is -2.31. The molecule has 0 radical (unpaired) electrons. The number of hydrogen-bond acceptors (Lipinski definition) is 3. The molecule has 2 rings (SSSR count). The maximum atomic E-state index is 13.9. The highest BCUT2D eigenvalue weighted by molar-refractivity contribution is 8.00. The monoisotopic (exact) mass is 323 g/mol. The van der Waals surface area contributed by atoms with Crippen molar-refractivity contribution in [2.24, 2.45) is 0 Å². The highest BCUT2D eigenvalue weighted by Crippen LogP contribution is 2.25. The summed E-state index contributed by atoms with van der Waals surface area (Å²) in [5.74, 6) is -0.343. The van der Waals surface area contributed by atoms with Gasteiger partial charge in [0.15, 0.2) is 5.78 Å². The molecule has 1 fully saturated rings. The second-order valence-electron chi connectivity index (χ2n) is 5.79. The second kappa shape index (κ2) is 7.77. The van der Waals surface area contributed by atoms with Crippen molar-refractivity contribution in [1.29, 1.82) is 0 Å². The van der Waals surface area contributed by atoms with Crippen LogP contribution in [0.4, 0.5) is 4.39 Å². The number of amides is 1. The summed E-state index contributed by atoms with van der Waals surface area (Å²) < 4.78 is 13.9. The summed E-state index contributed by atoms with van der Waals surface area (Å²) in [5.41, 5.74) is 0.354. The molecule has 0 aliphatic heterocycles. The van der Waals surface area contributed by atoms with Crippen LogP contribution in [-0.2, 0) is 4.79 Å². The normalized spacial score (nSPS) is 15.6. The van der Waals surface area contributed by atoms with Gasteiger partial charge in [-0.3, -0.25) is 9.59 Å². The lowest BCUT2D eigenvalue weighted by Crippen LogP contribution is -2.39. The molecule has 0 saturated heterocycles. The highest BCUT2D eigenvalue weighted by atomic mass is 32.2. The van der Waals surface area contributed by atoms with Crippen LogP contribution in [0, 0.1) is 5.82 Å². The number of nitrogens with zero attached hydrogens (tertiary/aromatic N) is 1. The summed E-state index contributed by atoms with van der Waals surface area (Å²) >= 11 is 1.19. The molecule has 1 amide bonds. The van der Waals surface area contributed by atoms with Crippen LogP contribution >= 0.6 is 11.8 Å². The fourth-order valence-corrected chi connectivity index (χ4v) is 3.59. The number of halogens is 1. The predicted molar refractivity (Wildman–Crippen MR) is 86.8 cm³/mol. The van der Waals surface area contributed by atoms with Crippen molar-refractivity contribution in [2.45, 2.75) is 50.0 Å². The fourth-order valence-electron chi connectivity index (χ4n) is 2.75. The van der Waals surface area contributed by atoms with E-state index >= 15 is 0 Å². The molecular weight excluding hydrogens is 301 g/mol. The zero-order chi connectivity index (χ0) is 16.1. The zero-order valence-corrected chi connectivity index (χ0v) is 13.9. The Labute approximate surface area is 135 Å². The SMILES string of the molecule is CC(=O)c1ccc(SCC(=O)N(C)C2CCCCC2)c(F)c1. The van der Waals surface area contributed by atoms with Crippen molar-refractivity contribution < 1.29 is 14.0 Å². The molecule has 1 aromatic rings. The average molecular weight is 323 g/mol. The van der Waals surface area contributed by atoms with Crippen molar-refractivity contribution in [2.75, 3.05) is 12.8 Å². The minimum atomic E-state index is -0.439. The molecular formula is C17H22FNO2S. The summed E-state index contributed by atoms with van der Waals surface area (Å²) in [6, 6.07) is 4.74. The van der Waals surface area contributed by atoms with Crippen LogP contribution in [0.1, 0.15) is 49.4 Å². The molecule has 0 spiro atoms. The predicted octanol–water partition coefficient (Wildman–Crippen LogP) is 3.91. The number of rotatable bonds is 5. The van der Waals surface area contributed by atoms with Gasteiger partial charge in [0.25, 0.3) is 0 Å². The first kappa shape index (κ1) is 17.0. The van der Waals surface area contributed by atoms with Crippen molar-refractivity contribution in [3.05, 3.63) is 29.6 Å². The van der Waals surface area contributed by atoms with Gasteiger partial charge in [0, 0.05) is 23.5 Å². The van der Waals surface area contributed by atoms with E-state index in [2.05, 4.69) is 0 Å². The van der Waals surface area contributed by atoms with Crippen molar-refractivity contribution in [3.63, 3.8) is 0 Å². The molecule has 1 aliphatic rings. The van der Waals surface area contributed by atoms with Crippen LogP contribution in [-0.4, -0.2) is 35.4 Å². The van der Waals surface area contributed by atoms with Gasteiger partial charge in [0.05, 0.1) is 5.75 Å². The van der Waals surface area contributed by atoms with Gasteiger partial charge in [-0.1, -0.05) is 25.3 Å². The Morgan fingerprint density at radius 3 is 2.55 bits per heavy atom. The number of carbonyl (C=O) groups is 2. The van der Waals surface area contributed by atoms with Crippen molar-refractivity contribution in [1.82, 2.24) is 4.90 Å². The summed E-state index contributed by atoms with van der Waals surface area (Å²) in [7, 11) is 1.84. The topological polar surface area (TPSA) is 37.4 Å². The van der Waals surface area contributed by atoms with E-state index in [4.69, 9.17) is 0 Å². The summed E-state index contributed by atoms with van der Waals surface area (Å²) in [5, 5.41) is 0. The first-order valence-corrected chi connectivity index (χ1v) is 8.66. The first-order chi connectivity index (χ1) is 10.5. The molecule has 1 aliphatic carbocycles. The van der Waals surface area contributed by atoms with E-state index in [0.29, 0.717) is 16.5 Å². The van der Waals surface area contributed by atoms with E-state index in [-0.39, 0.29) is 17.4 Å². The third-order valence-electron chi connectivity index (χ3n) is 4.21. The van der Waals surface area contributed by atoms with E-state index in [9.17, 15) is 14.0 Å². The second-order valence-corrected chi connectivity index (χ2v) is 6.80. The number of benzene rings is 1. The standard InChI is InChI=1S/C17H22FNO2S/c1-12(20)13-8-9-16(15(18)10-13)22-11-17(21)19(2)14-6-4-3-5-7-14/h8-10,14H,3-7,11H2,1-2H3. The maximum Gasteiger partial charge on any atom is 0.232 e. The van der Waals surface area contributed by atoms with Gasteiger partial charge < -0.3 is 4.90 Å². The van der Waals surface area contributed by atoms with Gasteiger partial charge in [-0.15, -0.1) is 11.8 Å². The van der Waals surface area contributed by atoms with E-state index < -0.39 is 5.82 Å². The maximum absolute atomic E-state index is 13.9. The van der Waals surface area contributed by atoms with Crippen LogP contribution in [0.3, 0.4) is 0 Å². The Bertz CT molecular complexity index is 556. The van der Waals surface area contributed by atoms with Crippen LogP contribution in [0.5, 0.6) is 0 Å². The Balaban J connectivity index is 1.91. The van der Waals surface area contributed by atoms with E-state index in [0.717, 1.165) is 12.8 Å². The number of thioether (sulfide) groups is 1. The molecule has 0 heterocycles. The summed E-state index contributed by atoms with van der Waals surface area (Å²) in [4.78, 5) is 25.7. The lowest BCUT2D eigenvalue weighted by atomic mass is 9.94. The smallest absolute Gasteiger partial charge is 0.232 e. The quantitative estimate of drug-likeness (QED) is 0.609. The Morgan fingerprint density at radius 1 is 1.27 bits per heavy atom. The molecule has 3 nitrogen and oxygen atoms in total. The molecule has 1 saturated carbocycles. The van der Waals surface area contributed by atoms with Gasteiger partial charge in [-0.2, -0.15) is 0 Å². The van der Waals surface area contributed by atoms with Gasteiger partial charge in [0.2, 0.25) is 5.91 Å². The van der Waals surface area contributed by atoms with E-state index in [1.807, 2.05) is 11.9 Å². The Kier molecular flexibility index (Phi) is 6.00. The molecule has 0 aromatic heterocycles. The molecule has 0 atom stereocenters. The average Bonchev–Trinajstić information content (AvgIpc) is 2.53. The molecule has 0 N–H and O–H groups in total. The Morgan fingerprint density at radius 2 is 1.95 bits per heavy atom. The van der Waals surface area contributed by atoms with Crippen molar-refractivity contribution in [3.8, 4) is 0 Å². The minimum absolute atomic E-state index is 0.0342. The molecule has 0 bridgehead atoms. The molecule has 0 unspecified atom stereocenters. The largest absolute Gasteiger partial charge is 0.342 e. The molecule has 120 valence electrons. The number of ketones is 1. The van der Waals surface area contributed by atoms with Gasteiger partial charge in [-0.25, -0.2) is 4.39 Å². The third kappa shape index (κ3) is 4.32. The molecule has 5 heteroatoms. The van der Waals surface area contributed by atoms with Crippen LogP contribution in [0.15, 0.2) is 23.1 Å². The summed E-state index contributed by atoms with van der Waals surface area (Å²) in [6.45, 7) is 1.41. The number of hydrogen-bond donors (Lipinski definition) is 0. The summed E-state index contributed by atoms with van der Waals surface area (Å²) in [6.07, 6.45) is 5.73. The molecule has 22 heavy (non-hydrogen) atoms. The number of carbonyl (C=O) groups excluding carboxylic acids is 2. The fraction of sp³-hybridized carbons (Fsp3) is 0.529. The van der Waals surface area contributed by atoms with Gasteiger partial charge >= 0.3 is 0 Å². The highest BCUT2D eigenvalue weighted by Gasteiger charge is 2.22. The zero-order valence-electron chi connectivity index (χ0n) is 13.1. The first-order valence-electron chi connectivity index (χ1n) is 7.68. The van der Waals surface area contributed by atoms with Gasteiger partial charge in [-0.05, 0) is 31.9 Å². The van der Waals surface area contributed by atoms with E-state index in [1.54, 1.807) is 12.1 Å². The minimum Gasteiger partial charge on any atom is -0.342 e. The number of Topliss-reactive ketones (excluding diaryl/α,β-unsaturated/α-hetero) is 1. The van der Waals surface area contributed by atoms with Crippen LogP contribution in [0.25, 0.3) is 0 Å². The van der Waals surface area contributed by atoms with E-state index in [1.165, 1.54) is 44.0 Å².